The van der Waals surface area contributed by atoms with Crippen LogP contribution in [0.25, 0.3) is 0 Å². The lowest BCUT2D eigenvalue weighted by molar-refractivity contribution is 0.251. The van der Waals surface area contributed by atoms with Crippen LogP contribution in [0.5, 0.6) is 23.0 Å². The van der Waals surface area contributed by atoms with E-state index in [9.17, 15) is 10.2 Å². The second kappa shape index (κ2) is 6.94. The predicted molar refractivity (Wildman–Crippen MR) is 98.8 cm³/mol. The van der Waals surface area contributed by atoms with Crippen LogP contribution in [0.2, 0.25) is 0 Å². The molecule has 4 rings (SSSR count). The van der Waals surface area contributed by atoms with Crippen LogP contribution in [-0.4, -0.2) is 48.8 Å². The lowest BCUT2D eigenvalue weighted by Gasteiger charge is -2.31. The summed E-state index contributed by atoms with van der Waals surface area (Å²) in [6.07, 6.45) is 0.205. The maximum atomic E-state index is 10.6. The highest BCUT2D eigenvalue weighted by molar-refractivity contribution is 5.59. The number of aromatic hydroxyl groups is 2. The first-order valence-electron chi connectivity index (χ1n) is 9.10. The Kier molecular flexibility index (Phi) is 4.61. The van der Waals surface area contributed by atoms with Crippen molar-refractivity contribution in [1.82, 2.24) is 0 Å². The number of rotatable bonds is 8. The maximum Gasteiger partial charge on any atom is 0.127 e. The Balaban J connectivity index is 1.72. The molecule has 6 heteroatoms. The van der Waals surface area contributed by atoms with Gasteiger partial charge in [0.15, 0.2) is 0 Å². The quantitative estimate of drug-likeness (QED) is 0.693. The van der Waals surface area contributed by atoms with E-state index in [1.54, 1.807) is 24.3 Å². The van der Waals surface area contributed by atoms with E-state index < -0.39 is 5.41 Å². The molecular formula is C21H24O6. The number of hydrogen-bond acceptors (Lipinski definition) is 6. The molecule has 2 atom stereocenters. The number of phenolic OH excluding ortho intramolecular Hbond substituents is 2. The molecule has 2 saturated heterocycles. The minimum atomic E-state index is -0.768. The second-order valence-electron chi connectivity index (χ2n) is 7.46. The Bertz CT molecular complexity index is 756. The maximum absolute atomic E-state index is 10.6. The third-order valence-electron chi connectivity index (χ3n) is 4.91. The fraction of sp³-hybridized carbons (Fsp3) is 0.429. The minimum Gasteiger partial charge on any atom is -0.507 e. The molecule has 2 aromatic carbocycles. The van der Waals surface area contributed by atoms with E-state index in [1.807, 2.05) is 26.0 Å². The molecule has 0 aromatic heterocycles. The summed E-state index contributed by atoms with van der Waals surface area (Å²) < 4.78 is 22.2. The lowest BCUT2D eigenvalue weighted by Crippen LogP contribution is -2.23. The van der Waals surface area contributed by atoms with Crippen molar-refractivity contribution in [2.75, 3.05) is 26.4 Å². The summed E-state index contributed by atoms with van der Waals surface area (Å²) in [5.41, 5.74) is 0.426. The molecule has 2 aromatic rings. The number of phenols is 2. The Hall–Kier alpha value is -2.44. The van der Waals surface area contributed by atoms with E-state index in [1.165, 1.54) is 0 Å². The molecule has 0 saturated carbocycles. The summed E-state index contributed by atoms with van der Waals surface area (Å²) >= 11 is 0. The van der Waals surface area contributed by atoms with Crippen LogP contribution in [0, 0.1) is 0 Å². The highest BCUT2D eigenvalue weighted by atomic mass is 16.6. The van der Waals surface area contributed by atoms with E-state index in [0.29, 0.717) is 49.1 Å². The molecule has 0 radical (unpaired) electrons. The van der Waals surface area contributed by atoms with Gasteiger partial charge in [-0.2, -0.15) is 0 Å². The van der Waals surface area contributed by atoms with E-state index in [-0.39, 0.29) is 23.7 Å². The summed E-state index contributed by atoms with van der Waals surface area (Å²) in [5, 5.41) is 21.3. The second-order valence-corrected chi connectivity index (χ2v) is 7.46. The zero-order valence-electron chi connectivity index (χ0n) is 15.5. The molecule has 2 aliphatic heterocycles. The molecular weight excluding hydrogens is 348 g/mol. The number of hydrogen-bond donors (Lipinski definition) is 2. The van der Waals surface area contributed by atoms with Gasteiger partial charge in [0.05, 0.1) is 13.2 Å². The van der Waals surface area contributed by atoms with Gasteiger partial charge >= 0.3 is 0 Å². The standard InChI is InChI=1S/C21H24O6/c1-21(2,19-15(22)5-3-7-17(19)26-11-13-9-24-13)20-16(23)6-4-8-18(20)27-12-14-10-25-14/h3-8,13-14,22-23H,9-12H2,1-2H3. The van der Waals surface area contributed by atoms with Gasteiger partial charge in [0.2, 0.25) is 0 Å². The van der Waals surface area contributed by atoms with Crippen LogP contribution < -0.4 is 9.47 Å². The molecule has 27 heavy (non-hydrogen) atoms. The van der Waals surface area contributed by atoms with Crippen LogP contribution >= 0.6 is 0 Å². The van der Waals surface area contributed by atoms with E-state index in [2.05, 4.69) is 0 Å². The predicted octanol–water partition coefficient (Wildman–Crippen LogP) is 2.98. The Morgan fingerprint density at radius 2 is 1.26 bits per heavy atom. The van der Waals surface area contributed by atoms with E-state index in [4.69, 9.17) is 18.9 Å². The largest absolute Gasteiger partial charge is 0.507 e. The molecule has 0 aliphatic carbocycles. The van der Waals surface area contributed by atoms with Gasteiger partial charge in [0.1, 0.15) is 48.4 Å². The first-order chi connectivity index (χ1) is 13.0. The molecule has 0 bridgehead atoms. The Labute approximate surface area is 158 Å². The van der Waals surface area contributed by atoms with Gasteiger partial charge in [-0.1, -0.05) is 26.0 Å². The summed E-state index contributed by atoms with van der Waals surface area (Å²) in [6, 6.07) is 10.4. The number of benzene rings is 2. The van der Waals surface area contributed by atoms with Crippen molar-refractivity contribution < 1.29 is 29.2 Å². The van der Waals surface area contributed by atoms with Crippen LogP contribution in [0.1, 0.15) is 25.0 Å². The molecule has 2 unspecified atom stereocenters. The molecule has 2 heterocycles. The van der Waals surface area contributed by atoms with Crippen LogP contribution in [-0.2, 0) is 14.9 Å². The van der Waals surface area contributed by atoms with Crippen molar-refractivity contribution >= 4 is 0 Å². The smallest absolute Gasteiger partial charge is 0.127 e. The molecule has 6 nitrogen and oxygen atoms in total. The minimum absolute atomic E-state index is 0.103. The highest BCUT2D eigenvalue weighted by Gasteiger charge is 2.36. The molecule has 2 fully saturated rings. The molecule has 144 valence electrons. The monoisotopic (exact) mass is 372 g/mol. The summed E-state index contributed by atoms with van der Waals surface area (Å²) in [5.74, 6) is 1.34. The summed E-state index contributed by atoms with van der Waals surface area (Å²) in [6.45, 7) is 6.10. The van der Waals surface area contributed by atoms with Gasteiger partial charge in [-0.3, -0.25) is 0 Å². The molecule has 0 amide bonds. The van der Waals surface area contributed by atoms with Gasteiger partial charge in [0.25, 0.3) is 0 Å². The zero-order valence-corrected chi connectivity index (χ0v) is 15.5. The van der Waals surface area contributed by atoms with Crippen LogP contribution in [0.15, 0.2) is 36.4 Å². The lowest BCUT2D eigenvalue weighted by atomic mass is 9.76. The number of ether oxygens (including phenoxy) is 4. The van der Waals surface area contributed by atoms with Crippen LogP contribution in [0.4, 0.5) is 0 Å². The van der Waals surface area contributed by atoms with Gasteiger partial charge in [0, 0.05) is 16.5 Å². The van der Waals surface area contributed by atoms with E-state index >= 15 is 0 Å². The third kappa shape index (κ3) is 3.82. The fourth-order valence-electron chi connectivity index (χ4n) is 3.35. The average molecular weight is 372 g/mol. The van der Waals surface area contributed by atoms with Crippen LogP contribution in [0.3, 0.4) is 0 Å². The summed E-state index contributed by atoms with van der Waals surface area (Å²) in [7, 11) is 0. The Morgan fingerprint density at radius 3 is 1.63 bits per heavy atom. The topological polar surface area (TPSA) is 84.0 Å². The molecule has 0 spiro atoms. The van der Waals surface area contributed by atoms with Crippen molar-refractivity contribution in [3.63, 3.8) is 0 Å². The van der Waals surface area contributed by atoms with E-state index in [0.717, 1.165) is 0 Å². The normalized spacial score (nSPS) is 21.0. The van der Waals surface area contributed by atoms with Crippen molar-refractivity contribution in [3.8, 4) is 23.0 Å². The van der Waals surface area contributed by atoms with Crippen molar-refractivity contribution in [1.29, 1.82) is 0 Å². The van der Waals surface area contributed by atoms with Gasteiger partial charge in [-0.15, -0.1) is 0 Å². The SMILES string of the molecule is CC(C)(c1c(O)cccc1OCC1CO1)c1c(O)cccc1OCC1CO1. The molecule has 2 aliphatic rings. The Morgan fingerprint density at radius 1 is 0.852 bits per heavy atom. The number of epoxide rings is 2. The first kappa shape index (κ1) is 17.9. The van der Waals surface area contributed by atoms with Gasteiger partial charge in [-0.05, 0) is 24.3 Å². The fourth-order valence-corrected chi connectivity index (χ4v) is 3.35. The average Bonchev–Trinajstić information content (AvgIpc) is 3.53. The molecule has 2 N–H and O–H groups in total. The highest BCUT2D eigenvalue weighted by Crippen LogP contribution is 2.48. The van der Waals surface area contributed by atoms with Gasteiger partial charge < -0.3 is 29.2 Å². The van der Waals surface area contributed by atoms with Crippen molar-refractivity contribution in [3.05, 3.63) is 47.5 Å². The zero-order chi connectivity index (χ0) is 19.0. The van der Waals surface area contributed by atoms with Gasteiger partial charge in [-0.25, -0.2) is 0 Å². The first-order valence-corrected chi connectivity index (χ1v) is 9.10. The van der Waals surface area contributed by atoms with Crippen molar-refractivity contribution in [2.45, 2.75) is 31.5 Å². The third-order valence-corrected chi connectivity index (χ3v) is 4.91. The summed E-state index contributed by atoms with van der Waals surface area (Å²) in [4.78, 5) is 0. The van der Waals surface area contributed by atoms with Crippen molar-refractivity contribution in [2.24, 2.45) is 0 Å².